The van der Waals surface area contributed by atoms with E-state index in [9.17, 15) is 4.79 Å². The van der Waals surface area contributed by atoms with Gasteiger partial charge in [0.2, 0.25) is 0 Å². The summed E-state index contributed by atoms with van der Waals surface area (Å²) < 4.78 is 1.03. The fourth-order valence-electron chi connectivity index (χ4n) is 2.11. The molecule has 2 heterocycles. The molecule has 2 N–H and O–H groups in total. The first-order valence-electron chi connectivity index (χ1n) is 5.89. The Labute approximate surface area is 122 Å². The number of hydrogen-bond donors (Lipinski definition) is 2. The second kappa shape index (κ2) is 5.26. The molecule has 0 saturated carbocycles. The molecule has 2 aromatic rings. The zero-order valence-electron chi connectivity index (χ0n) is 9.94. The van der Waals surface area contributed by atoms with Gasteiger partial charge >= 0.3 is 0 Å². The zero-order valence-corrected chi connectivity index (χ0v) is 12.3. The van der Waals surface area contributed by atoms with Crippen LogP contribution in [0.1, 0.15) is 33.0 Å². The maximum Gasteiger partial charge on any atom is 0.292 e. The molecule has 98 valence electrons. The molecule has 0 unspecified atom stereocenters. The number of aromatic amines is 1. The van der Waals surface area contributed by atoms with Crippen molar-refractivity contribution >= 4 is 39.4 Å². The first kappa shape index (κ1) is 12.6. The number of aryl methyl sites for hydroxylation is 1. The fraction of sp³-hybridized carbons (Fsp3) is 0.250. The zero-order chi connectivity index (χ0) is 13.2. The predicted octanol–water partition coefficient (Wildman–Crippen LogP) is 2.49. The molecule has 1 aliphatic rings. The number of nitrogens with one attached hydrogen (secondary N) is 2. The number of H-pyrrole nitrogens is 1. The molecule has 19 heavy (non-hydrogen) atoms. The lowest BCUT2D eigenvalue weighted by Gasteiger charge is -1.97. The van der Waals surface area contributed by atoms with E-state index in [-0.39, 0.29) is 5.91 Å². The number of fused-ring (bicyclic) bond motifs is 1. The van der Waals surface area contributed by atoms with E-state index < -0.39 is 0 Å². The summed E-state index contributed by atoms with van der Waals surface area (Å²) in [4.78, 5) is 12.9. The molecule has 0 aromatic carbocycles. The van der Waals surface area contributed by atoms with Crippen molar-refractivity contribution in [1.29, 1.82) is 0 Å². The van der Waals surface area contributed by atoms with Gasteiger partial charge in [-0.05, 0) is 47.3 Å². The smallest absolute Gasteiger partial charge is 0.281 e. The normalized spacial score (nSPS) is 13.9. The third kappa shape index (κ3) is 2.62. The first-order valence-corrected chi connectivity index (χ1v) is 7.50. The topological polar surface area (TPSA) is 70.1 Å². The van der Waals surface area contributed by atoms with Crippen molar-refractivity contribution in [2.24, 2.45) is 5.10 Å². The van der Waals surface area contributed by atoms with Gasteiger partial charge in [0.25, 0.3) is 5.91 Å². The molecule has 2 aromatic heterocycles. The van der Waals surface area contributed by atoms with Crippen LogP contribution < -0.4 is 5.43 Å². The van der Waals surface area contributed by atoms with Gasteiger partial charge < -0.3 is 0 Å². The number of hydrogen-bond acceptors (Lipinski definition) is 4. The number of hydrazone groups is 1. The summed E-state index contributed by atoms with van der Waals surface area (Å²) >= 11 is 4.92. The second-order valence-corrected chi connectivity index (χ2v) is 6.72. The Morgan fingerprint density at radius 3 is 3.21 bits per heavy atom. The van der Waals surface area contributed by atoms with Crippen LogP contribution in [0.5, 0.6) is 0 Å². The van der Waals surface area contributed by atoms with Crippen LogP contribution in [0.25, 0.3) is 0 Å². The molecule has 1 aliphatic carbocycles. The van der Waals surface area contributed by atoms with Crippen molar-refractivity contribution in [3.05, 3.63) is 37.7 Å². The number of carbonyl (C=O) groups is 1. The molecule has 5 nitrogen and oxygen atoms in total. The predicted molar refractivity (Wildman–Crippen MR) is 77.7 cm³/mol. The van der Waals surface area contributed by atoms with E-state index in [0.717, 1.165) is 39.2 Å². The average molecular weight is 339 g/mol. The highest BCUT2D eigenvalue weighted by molar-refractivity contribution is 9.11. The van der Waals surface area contributed by atoms with Crippen molar-refractivity contribution in [2.45, 2.75) is 19.3 Å². The number of amides is 1. The van der Waals surface area contributed by atoms with E-state index in [1.54, 1.807) is 17.6 Å². The number of rotatable bonds is 3. The Balaban J connectivity index is 1.67. The van der Waals surface area contributed by atoms with Crippen molar-refractivity contribution in [3.63, 3.8) is 0 Å². The summed E-state index contributed by atoms with van der Waals surface area (Å²) in [5, 5.41) is 10.9. The Kier molecular flexibility index (Phi) is 3.48. The van der Waals surface area contributed by atoms with E-state index in [1.807, 2.05) is 12.1 Å². The lowest BCUT2D eigenvalue weighted by molar-refractivity contribution is 0.0949. The fourth-order valence-corrected chi connectivity index (χ4v) is 3.41. The van der Waals surface area contributed by atoms with Crippen LogP contribution in [-0.4, -0.2) is 22.3 Å². The van der Waals surface area contributed by atoms with Gasteiger partial charge in [0.1, 0.15) is 0 Å². The summed E-state index contributed by atoms with van der Waals surface area (Å²) in [5.41, 5.74) is 5.10. The number of carbonyl (C=O) groups excluding carboxylic acids is 1. The number of nitrogens with zero attached hydrogens (tertiary/aromatic N) is 2. The molecule has 3 rings (SSSR count). The Bertz CT molecular complexity index is 646. The Morgan fingerprint density at radius 2 is 2.42 bits per heavy atom. The molecule has 7 heteroatoms. The maximum atomic E-state index is 11.9. The van der Waals surface area contributed by atoms with E-state index in [1.165, 1.54) is 0 Å². The molecule has 0 bridgehead atoms. The van der Waals surface area contributed by atoms with E-state index in [0.29, 0.717) is 5.69 Å². The van der Waals surface area contributed by atoms with Crippen molar-refractivity contribution in [3.8, 4) is 0 Å². The quantitative estimate of drug-likeness (QED) is 0.666. The molecule has 0 fully saturated rings. The monoisotopic (exact) mass is 338 g/mol. The van der Waals surface area contributed by atoms with Crippen LogP contribution in [-0.2, 0) is 12.8 Å². The van der Waals surface area contributed by atoms with Gasteiger partial charge in [-0.1, -0.05) is 0 Å². The Hall–Kier alpha value is -1.47. The number of halogens is 1. The molecule has 1 amide bonds. The van der Waals surface area contributed by atoms with Crippen LogP contribution in [0.2, 0.25) is 0 Å². The van der Waals surface area contributed by atoms with E-state index >= 15 is 0 Å². The first-order chi connectivity index (χ1) is 9.24. The lowest BCUT2D eigenvalue weighted by atomic mass is 10.2. The van der Waals surface area contributed by atoms with Gasteiger partial charge in [-0.25, -0.2) is 5.43 Å². The van der Waals surface area contributed by atoms with Gasteiger partial charge in [0.15, 0.2) is 5.69 Å². The minimum absolute atomic E-state index is 0.258. The second-order valence-electron chi connectivity index (χ2n) is 4.22. The van der Waals surface area contributed by atoms with Crippen molar-refractivity contribution < 1.29 is 4.79 Å². The van der Waals surface area contributed by atoms with Crippen LogP contribution in [0.4, 0.5) is 0 Å². The highest BCUT2D eigenvalue weighted by Crippen LogP contribution is 2.22. The number of thiophene rings is 1. The summed E-state index contributed by atoms with van der Waals surface area (Å²) in [5.74, 6) is -0.258. The van der Waals surface area contributed by atoms with Gasteiger partial charge in [0, 0.05) is 16.1 Å². The van der Waals surface area contributed by atoms with Gasteiger partial charge in [-0.15, -0.1) is 11.3 Å². The van der Waals surface area contributed by atoms with Gasteiger partial charge in [-0.2, -0.15) is 10.2 Å². The van der Waals surface area contributed by atoms with Gasteiger partial charge in [-0.3, -0.25) is 9.89 Å². The third-order valence-electron chi connectivity index (χ3n) is 2.97. The molecule has 0 spiro atoms. The average Bonchev–Trinajstić information content (AvgIpc) is 3.04. The van der Waals surface area contributed by atoms with E-state index in [4.69, 9.17) is 0 Å². The number of aromatic nitrogens is 2. The highest BCUT2D eigenvalue weighted by atomic mass is 79.9. The summed E-state index contributed by atoms with van der Waals surface area (Å²) in [6.07, 6.45) is 4.59. The molecular weight excluding hydrogens is 328 g/mol. The molecule has 0 aliphatic heterocycles. The standard InChI is InChI=1S/C12H11BrN4OS/c13-10-5-4-7(19-10)6-14-17-12(18)11-8-2-1-3-9(8)15-16-11/h4-6H,1-3H2,(H,15,16)(H,17,18)/b14-6-. The van der Waals surface area contributed by atoms with Crippen LogP contribution in [0.15, 0.2) is 21.0 Å². The minimum Gasteiger partial charge on any atom is -0.281 e. The third-order valence-corrected chi connectivity index (χ3v) is 4.53. The maximum absolute atomic E-state index is 11.9. The highest BCUT2D eigenvalue weighted by Gasteiger charge is 2.22. The van der Waals surface area contributed by atoms with Crippen LogP contribution in [0.3, 0.4) is 0 Å². The largest absolute Gasteiger partial charge is 0.292 e. The molecular formula is C12H11BrN4OS. The van der Waals surface area contributed by atoms with Gasteiger partial charge in [0.05, 0.1) is 10.0 Å². The SMILES string of the molecule is O=C(N/N=C\c1ccc(Br)s1)c1n[nH]c2c1CCC2. The Morgan fingerprint density at radius 1 is 1.53 bits per heavy atom. The van der Waals surface area contributed by atoms with Crippen molar-refractivity contribution in [1.82, 2.24) is 15.6 Å². The van der Waals surface area contributed by atoms with E-state index in [2.05, 4.69) is 36.7 Å². The summed E-state index contributed by atoms with van der Waals surface area (Å²) in [6, 6.07) is 3.87. The summed E-state index contributed by atoms with van der Waals surface area (Å²) in [7, 11) is 0. The molecule has 0 atom stereocenters. The van der Waals surface area contributed by atoms with Crippen LogP contribution in [0, 0.1) is 0 Å². The lowest BCUT2D eigenvalue weighted by Crippen LogP contribution is -2.19. The van der Waals surface area contributed by atoms with Crippen LogP contribution >= 0.6 is 27.3 Å². The molecule has 0 saturated heterocycles. The van der Waals surface area contributed by atoms with Crippen molar-refractivity contribution in [2.75, 3.05) is 0 Å². The molecule has 0 radical (unpaired) electrons. The minimum atomic E-state index is -0.258. The summed E-state index contributed by atoms with van der Waals surface area (Å²) in [6.45, 7) is 0.